The molecule has 1 N–H and O–H groups in total. The zero-order valence-corrected chi connectivity index (χ0v) is 9.30. The molecule has 0 aromatic heterocycles. The molecule has 82 valence electrons. The van der Waals surface area contributed by atoms with Crippen LogP contribution in [0.1, 0.15) is 39.0 Å². The van der Waals surface area contributed by atoms with Crippen LogP contribution in [0.4, 0.5) is 0 Å². The summed E-state index contributed by atoms with van der Waals surface area (Å²) >= 11 is 0. The van der Waals surface area contributed by atoms with E-state index in [9.17, 15) is 0 Å². The van der Waals surface area contributed by atoms with Crippen molar-refractivity contribution in [2.24, 2.45) is 11.8 Å². The minimum Gasteiger partial charge on any atom is -0.378 e. The molecule has 0 saturated carbocycles. The van der Waals surface area contributed by atoms with Gasteiger partial charge in [0.05, 0.1) is 6.10 Å². The molecule has 3 atom stereocenters. The fraction of sp³-hybridized carbons (Fsp3) is 1.00. The van der Waals surface area contributed by atoms with Gasteiger partial charge in [0, 0.05) is 6.61 Å². The smallest absolute Gasteiger partial charge is 0.0580 e. The Morgan fingerprint density at radius 2 is 2.29 bits per heavy atom. The minimum atomic E-state index is 0.559. The average Bonchev–Trinajstić information content (AvgIpc) is 2.19. The van der Waals surface area contributed by atoms with E-state index in [1.807, 2.05) is 0 Å². The van der Waals surface area contributed by atoms with Crippen molar-refractivity contribution in [3.63, 3.8) is 0 Å². The molecule has 2 heteroatoms. The quantitative estimate of drug-likeness (QED) is 0.732. The third-order valence-electron chi connectivity index (χ3n) is 3.62. The van der Waals surface area contributed by atoms with Crippen LogP contribution in [0.3, 0.4) is 0 Å². The van der Waals surface area contributed by atoms with Crippen molar-refractivity contribution in [1.82, 2.24) is 5.32 Å². The molecule has 0 spiro atoms. The van der Waals surface area contributed by atoms with Crippen molar-refractivity contribution in [3.8, 4) is 0 Å². The normalized spacial score (nSPS) is 39.6. The van der Waals surface area contributed by atoms with Gasteiger partial charge in [-0.2, -0.15) is 0 Å². The number of hydrogen-bond donors (Lipinski definition) is 1. The van der Waals surface area contributed by atoms with Crippen molar-refractivity contribution < 1.29 is 4.74 Å². The maximum atomic E-state index is 5.82. The molecular weight excluding hydrogens is 174 g/mol. The number of hydrogen-bond acceptors (Lipinski definition) is 2. The molecule has 2 heterocycles. The Morgan fingerprint density at radius 1 is 1.36 bits per heavy atom. The van der Waals surface area contributed by atoms with E-state index < -0.39 is 0 Å². The largest absolute Gasteiger partial charge is 0.378 e. The Bertz CT molecular complexity index is 166. The minimum absolute atomic E-state index is 0.559. The average molecular weight is 197 g/mol. The molecule has 0 aliphatic carbocycles. The molecule has 2 fully saturated rings. The summed E-state index contributed by atoms with van der Waals surface area (Å²) in [6.07, 6.45) is 7.16. The maximum absolute atomic E-state index is 5.82. The van der Waals surface area contributed by atoms with Gasteiger partial charge >= 0.3 is 0 Å². The molecule has 2 saturated heterocycles. The molecule has 0 radical (unpaired) electrons. The summed E-state index contributed by atoms with van der Waals surface area (Å²) in [5.74, 6) is 1.75. The van der Waals surface area contributed by atoms with Gasteiger partial charge in [0.2, 0.25) is 0 Å². The monoisotopic (exact) mass is 197 g/mol. The lowest BCUT2D eigenvalue weighted by Gasteiger charge is -2.31. The summed E-state index contributed by atoms with van der Waals surface area (Å²) in [4.78, 5) is 0. The molecular formula is C12H23NO. The van der Waals surface area contributed by atoms with E-state index in [1.54, 1.807) is 0 Å². The van der Waals surface area contributed by atoms with E-state index >= 15 is 0 Å². The molecule has 14 heavy (non-hydrogen) atoms. The molecule has 0 amide bonds. The SMILES string of the molecule is C[C@H]1CCOC(CC2CCCNC2)C1. The Labute approximate surface area is 87.4 Å². The zero-order chi connectivity index (χ0) is 9.80. The molecule has 2 rings (SSSR count). The highest BCUT2D eigenvalue weighted by Crippen LogP contribution is 2.26. The second kappa shape index (κ2) is 5.13. The predicted molar refractivity (Wildman–Crippen MR) is 58.3 cm³/mol. The summed E-state index contributed by atoms with van der Waals surface area (Å²) in [6.45, 7) is 5.79. The van der Waals surface area contributed by atoms with Crippen LogP contribution in [0, 0.1) is 11.8 Å². The van der Waals surface area contributed by atoms with Crippen LogP contribution < -0.4 is 5.32 Å². The van der Waals surface area contributed by atoms with E-state index in [2.05, 4.69) is 12.2 Å². The van der Waals surface area contributed by atoms with Crippen molar-refractivity contribution in [2.75, 3.05) is 19.7 Å². The van der Waals surface area contributed by atoms with Crippen LogP contribution in [-0.2, 0) is 4.74 Å². The summed E-state index contributed by atoms with van der Waals surface area (Å²) in [5, 5.41) is 3.48. The van der Waals surface area contributed by atoms with Crippen LogP contribution in [0.5, 0.6) is 0 Å². The van der Waals surface area contributed by atoms with Crippen LogP contribution in [-0.4, -0.2) is 25.8 Å². The van der Waals surface area contributed by atoms with Gasteiger partial charge in [-0.15, -0.1) is 0 Å². The van der Waals surface area contributed by atoms with Gasteiger partial charge in [-0.3, -0.25) is 0 Å². The number of rotatable bonds is 2. The summed E-state index contributed by atoms with van der Waals surface area (Å²) in [7, 11) is 0. The number of nitrogens with one attached hydrogen (secondary N) is 1. The molecule has 0 aromatic carbocycles. The molecule has 0 aromatic rings. The third kappa shape index (κ3) is 2.96. The first-order valence-corrected chi connectivity index (χ1v) is 6.17. The highest BCUT2D eigenvalue weighted by atomic mass is 16.5. The highest BCUT2D eigenvalue weighted by molar-refractivity contribution is 4.76. The lowest BCUT2D eigenvalue weighted by Crippen LogP contribution is -2.34. The lowest BCUT2D eigenvalue weighted by molar-refractivity contribution is -0.0196. The second-order valence-corrected chi connectivity index (χ2v) is 5.07. The predicted octanol–water partition coefficient (Wildman–Crippen LogP) is 2.19. The second-order valence-electron chi connectivity index (χ2n) is 5.07. The van der Waals surface area contributed by atoms with Gasteiger partial charge in [0.1, 0.15) is 0 Å². The third-order valence-corrected chi connectivity index (χ3v) is 3.62. The fourth-order valence-electron chi connectivity index (χ4n) is 2.73. The van der Waals surface area contributed by atoms with Gasteiger partial charge in [0.25, 0.3) is 0 Å². The zero-order valence-electron chi connectivity index (χ0n) is 9.30. The molecule has 2 nitrogen and oxygen atoms in total. The van der Waals surface area contributed by atoms with E-state index in [0.717, 1.165) is 18.4 Å². The molecule has 2 aliphatic rings. The lowest BCUT2D eigenvalue weighted by atomic mass is 9.88. The van der Waals surface area contributed by atoms with Crippen molar-refractivity contribution in [2.45, 2.75) is 45.1 Å². The number of piperidine rings is 1. The van der Waals surface area contributed by atoms with E-state index in [-0.39, 0.29) is 0 Å². The fourth-order valence-corrected chi connectivity index (χ4v) is 2.73. The van der Waals surface area contributed by atoms with E-state index in [1.165, 1.54) is 45.2 Å². The summed E-state index contributed by atoms with van der Waals surface area (Å²) in [6, 6.07) is 0. The van der Waals surface area contributed by atoms with E-state index in [0.29, 0.717) is 6.10 Å². The van der Waals surface area contributed by atoms with Gasteiger partial charge < -0.3 is 10.1 Å². The highest BCUT2D eigenvalue weighted by Gasteiger charge is 2.23. The molecule has 2 aliphatic heterocycles. The van der Waals surface area contributed by atoms with Crippen LogP contribution in [0.2, 0.25) is 0 Å². The van der Waals surface area contributed by atoms with Crippen LogP contribution in [0.15, 0.2) is 0 Å². The van der Waals surface area contributed by atoms with Crippen LogP contribution >= 0.6 is 0 Å². The Balaban J connectivity index is 1.72. The van der Waals surface area contributed by atoms with Crippen molar-refractivity contribution >= 4 is 0 Å². The standard InChI is InChI=1S/C12H23NO/c1-10-4-6-14-12(7-10)8-11-3-2-5-13-9-11/h10-13H,2-9H2,1H3/t10-,11?,12?/m0/s1. The van der Waals surface area contributed by atoms with E-state index in [4.69, 9.17) is 4.74 Å². The number of ether oxygens (including phenoxy) is 1. The van der Waals surface area contributed by atoms with Crippen LogP contribution in [0.25, 0.3) is 0 Å². The molecule has 0 bridgehead atoms. The van der Waals surface area contributed by atoms with Gasteiger partial charge in [0.15, 0.2) is 0 Å². The Hall–Kier alpha value is -0.0800. The van der Waals surface area contributed by atoms with Gasteiger partial charge in [-0.05, 0) is 57.0 Å². The van der Waals surface area contributed by atoms with Crippen molar-refractivity contribution in [1.29, 1.82) is 0 Å². The summed E-state index contributed by atoms with van der Waals surface area (Å²) in [5.41, 5.74) is 0. The first-order chi connectivity index (χ1) is 6.84. The molecule has 2 unspecified atom stereocenters. The summed E-state index contributed by atoms with van der Waals surface area (Å²) < 4.78 is 5.82. The Kier molecular flexibility index (Phi) is 3.82. The Morgan fingerprint density at radius 3 is 3.00 bits per heavy atom. The topological polar surface area (TPSA) is 21.3 Å². The van der Waals surface area contributed by atoms with Gasteiger partial charge in [-0.1, -0.05) is 6.92 Å². The van der Waals surface area contributed by atoms with Gasteiger partial charge in [-0.25, -0.2) is 0 Å². The first-order valence-electron chi connectivity index (χ1n) is 6.17. The first kappa shape index (κ1) is 10.4. The van der Waals surface area contributed by atoms with Crippen molar-refractivity contribution in [3.05, 3.63) is 0 Å². The maximum Gasteiger partial charge on any atom is 0.0580 e.